The van der Waals surface area contributed by atoms with Crippen molar-refractivity contribution in [1.29, 1.82) is 0 Å². The maximum atomic E-state index is 12.7. The van der Waals surface area contributed by atoms with Gasteiger partial charge in [-0.2, -0.15) is 13.2 Å². The van der Waals surface area contributed by atoms with Gasteiger partial charge in [-0.15, -0.1) is 0 Å². The van der Waals surface area contributed by atoms with Crippen LogP contribution >= 0.6 is 0 Å². The number of carbonyl (C=O) groups is 1. The Labute approximate surface area is 113 Å². The van der Waals surface area contributed by atoms with Gasteiger partial charge in [0.2, 0.25) is 11.6 Å². The number of alkyl halides is 3. The zero-order valence-electron chi connectivity index (χ0n) is 10.6. The molecule has 0 aliphatic carbocycles. The second-order valence-corrected chi connectivity index (χ2v) is 4.10. The van der Waals surface area contributed by atoms with E-state index >= 15 is 0 Å². The van der Waals surface area contributed by atoms with E-state index in [-0.39, 0.29) is 17.9 Å². The largest absolute Gasteiger partial charge is 0.419 e. The molecule has 2 aromatic rings. The minimum Gasteiger partial charge on any atom is -0.285 e. The topological polar surface area (TPSA) is 42.9 Å². The number of nitrogens with zero attached hydrogens (tertiary/aromatic N) is 2. The molecule has 0 spiro atoms. The van der Waals surface area contributed by atoms with Crippen molar-refractivity contribution in [1.82, 2.24) is 9.97 Å². The van der Waals surface area contributed by atoms with E-state index in [4.69, 9.17) is 0 Å². The Balaban J connectivity index is 2.43. The number of carbonyl (C=O) groups excluding carboxylic acids is 1. The lowest BCUT2D eigenvalue weighted by atomic mass is 10.1. The molecule has 0 saturated heterocycles. The summed E-state index contributed by atoms with van der Waals surface area (Å²) in [6.07, 6.45) is -3.77. The maximum absolute atomic E-state index is 12.7. The van der Waals surface area contributed by atoms with Gasteiger partial charge in [0.15, 0.2) is 0 Å². The quantitative estimate of drug-likeness (QED) is 0.810. The molecule has 2 rings (SSSR count). The molecule has 0 saturated carbocycles. The van der Waals surface area contributed by atoms with E-state index in [2.05, 4.69) is 9.97 Å². The van der Waals surface area contributed by atoms with Crippen molar-refractivity contribution in [2.45, 2.75) is 19.5 Å². The minimum atomic E-state index is -4.51. The van der Waals surface area contributed by atoms with E-state index < -0.39 is 17.5 Å². The van der Waals surface area contributed by atoms with E-state index in [0.29, 0.717) is 11.8 Å². The van der Waals surface area contributed by atoms with Crippen LogP contribution in [0, 0.1) is 0 Å². The number of aryl methyl sites for hydroxylation is 1. The third-order valence-corrected chi connectivity index (χ3v) is 2.75. The van der Waals surface area contributed by atoms with Crippen LogP contribution in [0.4, 0.5) is 13.2 Å². The fraction of sp³-hybridized carbons (Fsp3) is 0.214. The second kappa shape index (κ2) is 5.40. The molecule has 0 aliphatic rings. The number of hydrogen-bond acceptors (Lipinski definition) is 3. The molecule has 0 radical (unpaired) electrons. The molecule has 0 unspecified atom stereocenters. The molecule has 3 nitrogen and oxygen atoms in total. The van der Waals surface area contributed by atoms with Crippen molar-refractivity contribution < 1.29 is 18.0 Å². The fourth-order valence-corrected chi connectivity index (χ4v) is 1.75. The summed E-state index contributed by atoms with van der Waals surface area (Å²) in [5, 5.41) is 0. The average molecular weight is 280 g/mol. The molecule has 0 fully saturated rings. The van der Waals surface area contributed by atoms with Gasteiger partial charge in [0, 0.05) is 11.8 Å². The van der Waals surface area contributed by atoms with Crippen LogP contribution in [0.3, 0.4) is 0 Å². The van der Waals surface area contributed by atoms with E-state index in [1.807, 2.05) is 0 Å². The lowest BCUT2D eigenvalue weighted by Gasteiger charge is -2.11. The van der Waals surface area contributed by atoms with Crippen LogP contribution in [0.25, 0.3) is 0 Å². The Kier molecular flexibility index (Phi) is 3.83. The van der Waals surface area contributed by atoms with Crippen molar-refractivity contribution in [2.24, 2.45) is 0 Å². The summed E-state index contributed by atoms with van der Waals surface area (Å²) < 4.78 is 38.2. The highest BCUT2D eigenvalue weighted by molar-refractivity contribution is 6.06. The molecule has 0 atom stereocenters. The molecular formula is C14H11F3N2O. The molecule has 0 amide bonds. The summed E-state index contributed by atoms with van der Waals surface area (Å²) in [4.78, 5) is 19.4. The number of aromatic nitrogens is 2. The second-order valence-electron chi connectivity index (χ2n) is 4.10. The third-order valence-electron chi connectivity index (χ3n) is 2.75. The normalized spacial score (nSPS) is 11.4. The van der Waals surface area contributed by atoms with Crippen LogP contribution in [-0.2, 0) is 12.6 Å². The van der Waals surface area contributed by atoms with Crippen LogP contribution in [-0.4, -0.2) is 15.8 Å². The van der Waals surface area contributed by atoms with Crippen molar-refractivity contribution in [2.75, 3.05) is 0 Å². The predicted octanol–water partition coefficient (Wildman–Crippen LogP) is 3.29. The Morgan fingerprint density at radius 1 is 1.20 bits per heavy atom. The van der Waals surface area contributed by atoms with Crippen LogP contribution in [0.5, 0.6) is 0 Å². The molecule has 0 aliphatic heterocycles. The highest BCUT2D eigenvalue weighted by Crippen LogP contribution is 2.31. The summed E-state index contributed by atoms with van der Waals surface area (Å²) in [6.45, 7) is 1.55. The van der Waals surface area contributed by atoms with Crippen molar-refractivity contribution >= 4 is 5.78 Å². The Hall–Kier alpha value is -2.24. The third kappa shape index (κ3) is 2.84. The molecule has 104 valence electrons. The van der Waals surface area contributed by atoms with Gasteiger partial charge in [0.05, 0.1) is 11.3 Å². The number of benzene rings is 1. The molecule has 20 heavy (non-hydrogen) atoms. The van der Waals surface area contributed by atoms with Crippen LogP contribution in [0.2, 0.25) is 0 Å². The Morgan fingerprint density at radius 2 is 1.85 bits per heavy atom. The first-order valence-corrected chi connectivity index (χ1v) is 5.96. The van der Waals surface area contributed by atoms with Crippen LogP contribution in [0.15, 0.2) is 36.5 Å². The number of ketones is 1. The first-order valence-electron chi connectivity index (χ1n) is 5.96. The van der Waals surface area contributed by atoms with Gasteiger partial charge in [0.1, 0.15) is 0 Å². The summed E-state index contributed by atoms with van der Waals surface area (Å²) in [7, 11) is 0. The number of halogens is 3. The van der Waals surface area contributed by atoms with E-state index in [1.54, 1.807) is 37.3 Å². The first kappa shape index (κ1) is 14.2. The van der Waals surface area contributed by atoms with Crippen molar-refractivity contribution in [3.8, 4) is 0 Å². The van der Waals surface area contributed by atoms with Gasteiger partial charge in [-0.1, -0.05) is 37.3 Å². The Morgan fingerprint density at radius 3 is 2.40 bits per heavy atom. The SMILES string of the molecule is CCc1nc(C(=O)c2ccccc2)ncc1C(F)(F)F. The van der Waals surface area contributed by atoms with Crippen LogP contribution in [0.1, 0.15) is 34.4 Å². The van der Waals surface area contributed by atoms with Crippen molar-refractivity contribution in [3.63, 3.8) is 0 Å². The Bertz CT molecular complexity index is 624. The van der Waals surface area contributed by atoms with E-state index in [0.717, 1.165) is 0 Å². The van der Waals surface area contributed by atoms with E-state index in [1.165, 1.54) is 0 Å². The zero-order chi connectivity index (χ0) is 14.8. The van der Waals surface area contributed by atoms with Gasteiger partial charge in [-0.25, -0.2) is 9.97 Å². The standard InChI is InChI=1S/C14H11F3N2O/c1-2-11-10(14(15,16)17)8-18-13(19-11)12(20)9-6-4-3-5-7-9/h3-8H,2H2,1H3. The summed E-state index contributed by atoms with van der Waals surface area (Å²) >= 11 is 0. The fourth-order valence-electron chi connectivity index (χ4n) is 1.75. The molecular weight excluding hydrogens is 269 g/mol. The minimum absolute atomic E-state index is 0.0758. The zero-order valence-corrected chi connectivity index (χ0v) is 10.6. The lowest BCUT2D eigenvalue weighted by Crippen LogP contribution is -2.15. The van der Waals surface area contributed by atoms with Gasteiger partial charge in [-0.05, 0) is 6.42 Å². The summed E-state index contributed by atoms with van der Waals surface area (Å²) in [6, 6.07) is 8.20. The molecule has 0 bridgehead atoms. The smallest absolute Gasteiger partial charge is 0.285 e. The highest BCUT2D eigenvalue weighted by atomic mass is 19.4. The molecule has 6 heteroatoms. The summed E-state index contributed by atoms with van der Waals surface area (Å²) in [5.74, 6) is -0.713. The molecule has 1 aromatic heterocycles. The molecule has 1 heterocycles. The average Bonchev–Trinajstić information content (AvgIpc) is 2.45. The van der Waals surface area contributed by atoms with Crippen LogP contribution < -0.4 is 0 Å². The summed E-state index contributed by atoms with van der Waals surface area (Å²) in [5.41, 5.74) is -0.731. The molecule has 0 N–H and O–H groups in total. The highest BCUT2D eigenvalue weighted by Gasteiger charge is 2.34. The van der Waals surface area contributed by atoms with Gasteiger partial charge in [-0.3, -0.25) is 4.79 Å². The first-order chi connectivity index (χ1) is 9.43. The molecule has 1 aromatic carbocycles. The number of rotatable bonds is 3. The predicted molar refractivity (Wildman–Crippen MR) is 66.3 cm³/mol. The lowest BCUT2D eigenvalue weighted by molar-refractivity contribution is -0.138. The maximum Gasteiger partial charge on any atom is 0.419 e. The van der Waals surface area contributed by atoms with Gasteiger partial charge < -0.3 is 0 Å². The van der Waals surface area contributed by atoms with Gasteiger partial charge >= 0.3 is 6.18 Å². The number of hydrogen-bond donors (Lipinski definition) is 0. The monoisotopic (exact) mass is 280 g/mol. The van der Waals surface area contributed by atoms with Gasteiger partial charge in [0.25, 0.3) is 0 Å². The van der Waals surface area contributed by atoms with Crippen molar-refractivity contribution in [3.05, 3.63) is 59.2 Å². The van der Waals surface area contributed by atoms with E-state index in [9.17, 15) is 18.0 Å².